The molecule has 1 aromatic rings. The van der Waals surface area contributed by atoms with Crippen molar-refractivity contribution in [1.29, 1.82) is 0 Å². The maximum atomic E-state index is 14.5. The minimum absolute atomic E-state index is 0.000945. The Labute approximate surface area is 125 Å². The Morgan fingerprint density at radius 3 is 2.90 bits per heavy atom. The van der Waals surface area contributed by atoms with Gasteiger partial charge in [0.1, 0.15) is 0 Å². The van der Waals surface area contributed by atoms with E-state index >= 15 is 0 Å². The van der Waals surface area contributed by atoms with Crippen LogP contribution in [0.25, 0.3) is 0 Å². The van der Waals surface area contributed by atoms with Crippen molar-refractivity contribution in [1.82, 2.24) is 0 Å². The Hall–Kier alpha value is -1.34. The van der Waals surface area contributed by atoms with Gasteiger partial charge in [-0.25, -0.2) is 4.39 Å². The molecule has 0 radical (unpaired) electrons. The Morgan fingerprint density at radius 2 is 2.25 bits per heavy atom. The number of nitrogens with two attached hydrogens (primary N) is 1. The highest BCUT2D eigenvalue weighted by atomic mass is 79.9. The van der Waals surface area contributed by atoms with Gasteiger partial charge in [-0.2, -0.15) is 0 Å². The van der Waals surface area contributed by atoms with E-state index in [4.69, 9.17) is 10.9 Å². The molecule has 110 valence electrons. The van der Waals surface area contributed by atoms with E-state index in [0.717, 1.165) is 19.3 Å². The smallest absolute Gasteiger partial charge is 0.171 e. The Morgan fingerprint density at radius 1 is 1.50 bits per heavy atom. The molecule has 0 saturated carbocycles. The molecule has 20 heavy (non-hydrogen) atoms. The number of benzene rings is 1. The summed E-state index contributed by atoms with van der Waals surface area (Å²) in [5.41, 5.74) is 6.21. The first kappa shape index (κ1) is 15.1. The molecular formula is C13H17BrFN3O2. The second-order valence-electron chi connectivity index (χ2n) is 4.77. The molecule has 0 aliphatic carbocycles. The summed E-state index contributed by atoms with van der Waals surface area (Å²) in [6.07, 6.45) is 2.85. The number of hydrogen-bond acceptors (Lipinski definition) is 4. The number of aliphatic hydroxyl groups excluding tert-OH is 1. The Balaban J connectivity index is 2.40. The van der Waals surface area contributed by atoms with Crippen LogP contribution in [0.2, 0.25) is 0 Å². The van der Waals surface area contributed by atoms with E-state index in [1.807, 2.05) is 4.90 Å². The molecule has 0 amide bonds. The predicted molar refractivity (Wildman–Crippen MR) is 78.7 cm³/mol. The highest BCUT2D eigenvalue weighted by molar-refractivity contribution is 9.10. The normalized spacial score (nSPS) is 20.2. The summed E-state index contributed by atoms with van der Waals surface area (Å²) in [7, 11) is 0. The number of amidine groups is 1. The zero-order valence-corrected chi connectivity index (χ0v) is 12.5. The van der Waals surface area contributed by atoms with E-state index < -0.39 is 5.82 Å². The van der Waals surface area contributed by atoms with Gasteiger partial charge in [0, 0.05) is 12.1 Å². The van der Waals surface area contributed by atoms with Crippen LogP contribution >= 0.6 is 15.9 Å². The van der Waals surface area contributed by atoms with E-state index in [1.54, 1.807) is 12.1 Å². The molecule has 0 spiro atoms. The zero-order valence-electron chi connectivity index (χ0n) is 10.9. The van der Waals surface area contributed by atoms with Crippen LogP contribution < -0.4 is 10.6 Å². The lowest BCUT2D eigenvalue weighted by Crippen LogP contribution is -2.42. The number of anilines is 1. The fraction of sp³-hybridized carbons (Fsp3) is 0.462. The minimum Gasteiger partial charge on any atom is -0.409 e. The highest BCUT2D eigenvalue weighted by Crippen LogP contribution is 2.33. The van der Waals surface area contributed by atoms with E-state index in [-0.39, 0.29) is 23.0 Å². The molecule has 7 heteroatoms. The molecule has 1 atom stereocenters. The third-order valence-electron chi connectivity index (χ3n) is 3.59. The first-order valence-corrected chi connectivity index (χ1v) is 7.22. The van der Waals surface area contributed by atoms with E-state index in [9.17, 15) is 9.50 Å². The van der Waals surface area contributed by atoms with Gasteiger partial charge in [0.2, 0.25) is 0 Å². The minimum atomic E-state index is -0.463. The lowest BCUT2D eigenvalue weighted by molar-refractivity contribution is 0.239. The predicted octanol–water partition coefficient (Wildman–Crippen LogP) is 2.03. The summed E-state index contributed by atoms with van der Waals surface area (Å²) < 4.78 is 14.7. The highest BCUT2D eigenvalue weighted by Gasteiger charge is 2.26. The largest absolute Gasteiger partial charge is 0.409 e. The number of halogens is 2. The summed E-state index contributed by atoms with van der Waals surface area (Å²) in [5, 5.41) is 21.0. The maximum Gasteiger partial charge on any atom is 0.171 e. The van der Waals surface area contributed by atoms with Crippen LogP contribution in [-0.2, 0) is 0 Å². The molecule has 2 rings (SSSR count). The Bertz CT molecular complexity index is 525. The van der Waals surface area contributed by atoms with Gasteiger partial charge in [-0.15, -0.1) is 0 Å². The van der Waals surface area contributed by atoms with Crippen LogP contribution in [-0.4, -0.2) is 35.3 Å². The topological polar surface area (TPSA) is 82.1 Å². The molecule has 1 unspecified atom stereocenters. The van der Waals surface area contributed by atoms with Crippen molar-refractivity contribution in [2.45, 2.75) is 25.3 Å². The SMILES string of the molecule is N/C(=N/O)c1ccc(N2CCCCC2CO)c(F)c1Br. The summed E-state index contributed by atoms with van der Waals surface area (Å²) in [5.74, 6) is -0.617. The molecular weight excluding hydrogens is 329 g/mol. The second-order valence-corrected chi connectivity index (χ2v) is 5.56. The van der Waals surface area contributed by atoms with Crippen molar-refractivity contribution in [2.75, 3.05) is 18.1 Å². The van der Waals surface area contributed by atoms with Crippen LogP contribution in [0, 0.1) is 5.82 Å². The maximum absolute atomic E-state index is 14.5. The summed E-state index contributed by atoms with van der Waals surface area (Å²) in [4.78, 5) is 1.87. The van der Waals surface area contributed by atoms with E-state index in [2.05, 4.69) is 21.1 Å². The van der Waals surface area contributed by atoms with Crippen LogP contribution in [0.5, 0.6) is 0 Å². The summed E-state index contributed by atoms with van der Waals surface area (Å²) >= 11 is 3.14. The molecule has 0 aromatic heterocycles. The van der Waals surface area contributed by atoms with E-state index in [1.165, 1.54) is 0 Å². The van der Waals surface area contributed by atoms with Crippen molar-refractivity contribution >= 4 is 27.5 Å². The fourth-order valence-electron chi connectivity index (χ4n) is 2.52. The van der Waals surface area contributed by atoms with Gasteiger partial charge in [-0.3, -0.25) is 0 Å². The van der Waals surface area contributed by atoms with E-state index in [0.29, 0.717) is 17.8 Å². The third-order valence-corrected chi connectivity index (χ3v) is 4.37. The van der Waals surface area contributed by atoms with Crippen molar-refractivity contribution in [2.24, 2.45) is 10.9 Å². The number of nitrogens with zero attached hydrogens (tertiary/aromatic N) is 2. The van der Waals surface area contributed by atoms with Crippen LogP contribution in [0.4, 0.5) is 10.1 Å². The molecule has 4 N–H and O–H groups in total. The lowest BCUT2D eigenvalue weighted by Gasteiger charge is -2.37. The molecule has 0 bridgehead atoms. The molecule has 1 aliphatic rings. The van der Waals surface area contributed by atoms with Crippen molar-refractivity contribution < 1.29 is 14.7 Å². The average Bonchev–Trinajstić information content (AvgIpc) is 2.49. The molecule has 1 saturated heterocycles. The standard InChI is InChI=1S/C13H17BrFN3O2/c14-11-9(13(16)17-20)4-5-10(12(11)15)18-6-2-1-3-8(18)7-19/h4-5,8,19-20H,1-3,6-7H2,(H2,16,17). The lowest BCUT2D eigenvalue weighted by atomic mass is 10.0. The zero-order chi connectivity index (χ0) is 14.7. The third kappa shape index (κ3) is 2.73. The fourth-order valence-corrected chi connectivity index (χ4v) is 3.06. The first-order valence-electron chi connectivity index (χ1n) is 6.43. The molecule has 1 aliphatic heterocycles. The molecule has 1 aromatic carbocycles. The molecule has 1 heterocycles. The molecule has 5 nitrogen and oxygen atoms in total. The number of hydrogen-bond donors (Lipinski definition) is 3. The van der Waals surface area contributed by atoms with Gasteiger partial charge >= 0.3 is 0 Å². The van der Waals surface area contributed by atoms with Gasteiger partial charge in [0.25, 0.3) is 0 Å². The van der Waals surface area contributed by atoms with Gasteiger partial charge < -0.3 is 20.9 Å². The van der Waals surface area contributed by atoms with Crippen LogP contribution in [0.15, 0.2) is 21.8 Å². The number of oxime groups is 1. The monoisotopic (exact) mass is 345 g/mol. The van der Waals surface area contributed by atoms with Crippen LogP contribution in [0.3, 0.4) is 0 Å². The number of piperidine rings is 1. The summed E-state index contributed by atoms with van der Waals surface area (Å²) in [6.45, 7) is 0.705. The van der Waals surface area contributed by atoms with Crippen LogP contribution in [0.1, 0.15) is 24.8 Å². The van der Waals surface area contributed by atoms with Gasteiger partial charge in [0.15, 0.2) is 11.7 Å². The van der Waals surface area contributed by atoms with Crippen molar-refractivity contribution in [3.63, 3.8) is 0 Å². The average molecular weight is 346 g/mol. The molecule has 1 fully saturated rings. The Kier molecular flexibility index (Phi) is 4.82. The number of aliphatic hydroxyl groups is 1. The van der Waals surface area contributed by atoms with Gasteiger partial charge in [-0.05, 0) is 47.3 Å². The second kappa shape index (κ2) is 6.41. The quantitative estimate of drug-likeness (QED) is 0.339. The number of rotatable bonds is 3. The van der Waals surface area contributed by atoms with Gasteiger partial charge in [0.05, 0.1) is 22.8 Å². The van der Waals surface area contributed by atoms with Crippen molar-refractivity contribution in [3.05, 3.63) is 28.0 Å². The summed E-state index contributed by atoms with van der Waals surface area (Å²) in [6, 6.07) is 3.13. The first-order chi connectivity index (χ1) is 9.60. The van der Waals surface area contributed by atoms with Gasteiger partial charge in [-0.1, -0.05) is 5.16 Å². The van der Waals surface area contributed by atoms with Crippen molar-refractivity contribution in [3.8, 4) is 0 Å².